The van der Waals surface area contributed by atoms with E-state index >= 15 is 0 Å². The topological polar surface area (TPSA) is 84.2 Å². The third kappa shape index (κ3) is 5.91. The van der Waals surface area contributed by atoms with Crippen LogP contribution in [0.2, 0.25) is 5.02 Å². The first-order chi connectivity index (χ1) is 9.35. The molecule has 0 bridgehead atoms. The smallest absolute Gasteiger partial charge is 0.253 e. The van der Waals surface area contributed by atoms with Crippen LogP contribution in [0.1, 0.15) is 31.1 Å². The van der Waals surface area contributed by atoms with Gasteiger partial charge in [-0.15, -0.1) is 12.4 Å². The van der Waals surface area contributed by atoms with Gasteiger partial charge in [0.25, 0.3) is 5.91 Å². The van der Waals surface area contributed by atoms with E-state index in [2.05, 4.69) is 10.6 Å². The zero-order chi connectivity index (χ0) is 15.3. The largest absolute Gasteiger partial charge is 0.348 e. The number of benzene rings is 1. The summed E-state index contributed by atoms with van der Waals surface area (Å²) in [5.74, 6) is -0.567. The third-order valence-corrected chi connectivity index (χ3v) is 3.06. The molecule has 0 aromatic heterocycles. The molecule has 0 unspecified atom stereocenters. The van der Waals surface area contributed by atoms with Crippen molar-refractivity contribution in [3.05, 3.63) is 28.8 Å². The summed E-state index contributed by atoms with van der Waals surface area (Å²) in [6, 6.07) is 4.65. The summed E-state index contributed by atoms with van der Waals surface area (Å²) in [7, 11) is 0. The number of rotatable bonds is 5. The molecule has 2 amide bonds. The summed E-state index contributed by atoms with van der Waals surface area (Å²) in [5.41, 5.74) is 6.31. The number of amides is 2. The summed E-state index contributed by atoms with van der Waals surface area (Å²) in [5, 5.41) is 5.79. The normalized spacial score (nSPS) is 11.5. The first kappa shape index (κ1) is 19.7. The highest BCUT2D eigenvalue weighted by atomic mass is 35.5. The number of carbonyl (C=O) groups excluding carboxylic acids is 2. The van der Waals surface area contributed by atoms with Gasteiger partial charge in [-0.1, -0.05) is 25.4 Å². The fourth-order valence-electron chi connectivity index (χ4n) is 1.42. The van der Waals surface area contributed by atoms with Crippen molar-refractivity contribution in [2.24, 2.45) is 11.7 Å². The highest BCUT2D eigenvalue weighted by Crippen LogP contribution is 2.21. The quantitative estimate of drug-likeness (QED) is 0.773. The minimum atomic E-state index is -0.311. The molecule has 0 saturated carbocycles. The second-order valence-corrected chi connectivity index (χ2v) is 5.36. The van der Waals surface area contributed by atoms with Gasteiger partial charge in [0, 0.05) is 24.2 Å². The van der Waals surface area contributed by atoms with E-state index in [1.165, 1.54) is 0 Å². The molecule has 4 N–H and O–H groups in total. The van der Waals surface area contributed by atoms with E-state index in [1.54, 1.807) is 39.0 Å². The molecule has 0 saturated heterocycles. The molecule has 1 aromatic carbocycles. The van der Waals surface area contributed by atoms with Gasteiger partial charge in [-0.25, -0.2) is 0 Å². The van der Waals surface area contributed by atoms with Crippen molar-refractivity contribution in [2.45, 2.75) is 26.8 Å². The van der Waals surface area contributed by atoms with Gasteiger partial charge >= 0.3 is 0 Å². The number of nitrogens with two attached hydrogens (primary N) is 1. The van der Waals surface area contributed by atoms with Crippen LogP contribution in [0.25, 0.3) is 0 Å². The minimum absolute atomic E-state index is 0. The van der Waals surface area contributed by atoms with Crippen molar-refractivity contribution >= 4 is 41.5 Å². The predicted octanol–water partition coefficient (Wildman–Crippen LogP) is 2.43. The van der Waals surface area contributed by atoms with Gasteiger partial charge in [0.1, 0.15) is 0 Å². The van der Waals surface area contributed by atoms with Crippen LogP contribution >= 0.6 is 24.0 Å². The Bertz CT molecular complexity index is 507. The van der Waals surface area contributed by atoms with Gasteiger partial charge in [0.15, 0.2) is 0 Å². The average molecular weight is 334 g/mol. The molecule has 0 fully saturated rings. The van der Waals surface area contributed by atoms with Gasteiger partial charge in [0.2, 0.25) is 5.91 Å². The van der Waals surface area contributed by atoms with Crippen molar-refractivity contribution in [1.29, 1.82) is 0 Å². The third-order valence-electron chi connectivity index (χ3n) is 2.73. The van der Waals surface area contributed by atoms with Crippen LogP contribution in [0.4, 0.5) is 5.69 Å². The van der Waals surface area contributed by atoms with E-state index in [9.17, 15) is 9.59 Å². The zero-order valence-corrected chi connectivity index (χ0v) is 13.8. The van der Waals surface area contributed by atoms with Crippen LogP contribution in [0, 0.1) is 5.92 Å². The summed E-state index contributed by atoms with van der Waals surface area (Å²) in [4.78, 5) is 23.7. The van der Waals surface area contributed by atoms with Crippen molar-refractivity contribution in [2.75, 3.05) is 11.9 Å². The summed E-state index contributed by atoms with van der Waals surface area (Å²) < 4.78 is 0. The average Bonchev–Trinajstić information content (AvgIpc) is 2.40. The lowest BCUT2D eigenvalue weighted by atomic mass is 10.1. The first-order valence-corrected chi connectivity index (χ1v) is 6.84. The minimum Gasteiger partial charge on any atom is -0.348 e. The Hall–Kier alpha value is -1.30. The molecule has 5 nitrogen and oxygen atoms in total. The van der Waals surface area contributed by atoms with E-state index in [-0.39, 0.29) is 36.2 Å². The molecule has 0 radical (unpaired) electrons. The molecule has 7 heteroatoms. The highest BCUT2D eigenvalue weighted by molar-refractivity contribution is 6.34. The number of hydrogen-bond donors (Lipinski definition) is 3. The lowest BCUT2D eigenvalue weighted by molar-refractivity contribution is -0.118. The number of hydrogen-bond acceptors (Lipinski definition) is 3. The first-order valence-electron chi connectivity index (χ1n) is 6.46. The lowest BCUT2D eigenvalue weighted by Crippen LogP contribution is -2.37. The molecule has 21 heavy (non-hydrogen) atoms. The standard InChI is InChI=1S/C14H20ClN3O2.ClH/c1-8(2)13(19)18-10-4-5-12(15)11(6-10)14(20)17-9(3)7-16;/h4-6,8-9H,7,16H2,1-3H3,(H,17,20)(H,18,19);1H/t9-;/m0./s1. The predicted molar refractivity (Wildman–Crippen MR) is 88.2 cm³/mol. The Labute approximate surface area is 136 Å². The van der Waals surface area contributed by atoms with Crippen LogP contribution in [-0.4, -0.2) is 24.4 Å². The number of halogens is 2. The maximum atomic E-state index is 12.0. The lowest BCUT2D eigenvalue weighted by Gasteiger charge is -2.14. The molecule has 118 valence electrons. The Morgan fingerprint density at radius 1 is 1.29 bits per heavy atom. The summed E-state index contributed by atoms with van der Waals surface area (Å²) in [6.45, 7) is 5.73. The number of nitrogens with one attached hydrogen (secondary N) is 2. The van der Waals surface area contributed by atoms with E-state index in [1.807, 2.05) is 0 Å². The molecule has 0 aliphatic heterocycles. The molecule has 1 atom stereocenters. The van der Waals surface area contributed by atoms with E-state index in [4.69, 9.17) is 17.3 Å². The molecular formula is C14H21Cl2N3O2. The maximum absolute atomic E-state index is 12.0. The molecular weight excluding hydrogens is 313 g/mol. The Balaban J connectivity index is 0.00000400. The van der Waals surface area contributed by atoms with Crippen molar-refractivity contribution < 1.29 is 9.59 Å². The zero-order valence-electron chi connectivity index (χ0n) is 12.3. The second-order valence-electron chi connectivity index (χ2n) is 4.95. The van der Waals surface area contributed by atoms with E-state index in [0.717, 1.165) is 0 Å². The monoisotopic (exact) mass is 333 g/mol. The molecule has 0 spiro atoms. The Morgan fingerprint density at radius 2 is 1.90 bits per heavy atom. The number of anilines is 1. The van der Waals surface area contributed by atoms with E-state index in [0.29, 0.717) is 22.8 Å². The summed E-state index contributed by atoms with van der Waals surface area (Å²) in [6.07, 6.45) is 0. The van der Waals surface area contributed by atoms with Gasteiger partial charge in [-0.05, 0) is 25.1 Å². The van der Waals surface area contributed by atoms with Crippen LogP contribution in [0.3, 0.4) is 0 Å². The van der Waals surface area contributed by atoms with Gasteiger partial charge in [0.05, 0.1) is 10.6 Å². The second kappa shape index (κ2) is 8.87. The Kier molecular flexibility index (Phi) is 8.32. The molecule has 0 aliphatic carbocycles. The molecule has 1 aromatic rings. The van der Waals surface area contributed by atoms with Crippen LogP contribution < -0.4 is 16.4 Å². The van der Waals surface area contributed by atoms with Crippen molar-refractivity contribution in [1.82, 2.24) is 5.32 Å². The van der Waals surface area contributed by atoms with Crippen molar-refractivity contribution in [3.63, 3.8) is 0 Å². The number of carbonyl (C=O) groups is 2. The van der Waals surface area contributed by atoms with Crippen LogP contribution in [0.5, 0.6) is 0 Å². The molecule has 0 heterocycles. The Morgan fingerprint density at radius 3 is 2.43 bits per heavy atom. The van der Waals surface area contributed by atoms with Crippen LogP contribution in [0.15, 0.2) is 18.2 Å². The SMILES string of the molecule is CC(C)C(=O)Nc1ccc(Cl)c(C(=O)N[C@@H](C)CN)c1.Cl. The molecule has 1 rings (SSSR count). The van der Waals surface area contributed by atoms with Gasteiger partial charge < -0.3 is 16.4 Å². The van der Waals surface area contributed by atoms with Gasteiger partial charge in [-0.3, -0.25) is 9.59 Å². The highest BCUT2D eigenvalue weighted by Gasteiger charge is 2.14. The maximum Gasteiger partial charge on any atom is 0.253 e. The van der Waals surface area contributed by atoms with Gasteiger partial charge in [-0.2, -0.15) is 0 Å². The van der Waals surface area contributed by atoms with Crippen molar-refractivity contribution in [3.8, 4) is 0 Å². The fourth-order valence-corrected chi connectivity index (χ4v) is 1.63. The molecule has 0 aliphatic rings. The fraction of sp³-hybridized carbons (Fsp3) is 0.429. The van der Waals surface area contributed by atoms with Crippen LogP contribution in [-0.2, 0) is 4.79 Å². The summed E-state index contributed by atoms with van der Waals surface area (Å²) >= 11 is 6.01. The van der Waals surface area contributed by atoms with E-state index < -0.39 is 0 Å².